The van der Waals surface area contributed by atoms with Gasteiger partial charge in [0.15, 0.2) is 5.78 Å². The van der Waals surface area contributed by atoms with E-state index in [0.717, 1.165) is 4.47 Å². The zero-order valence-corrected chi connectivity index (χ0v) is 17.2. The van der Waals surface area contributed by atoms with Gasteiger partial charge >= 0.3 is 0 Å². The van der Waals surface area contributed by atoms with E-state index in [0.29, 0.717) is 22.5 Å². The number of nitrogens with one attached hydrogen (secondary N) is 3. The van der Waals surface area contributed by atoms with Gasteiger partial charge in [-0.1, -0.05) is 46.3 Å². The molecule has 30 heavy (non-hydrogen) atoms. The number of nitro groups is 1. The highest BCUT2D eigenvalue weighted by atomic mass is 79.9. The number of non-ortho nitro benzene ring substituents is 1. The second-order valence-corrected chi connectivity index (χ2v) is 7.13. The molecule has 0 fully saturated rings. The molecular weight excluding hydrogens is 452 g/mol. The number of benzene rings is 3. The van der Waals surface area contributed by atoms with E-state index in [9.17, 15) is 19.7 Å². The molecule has 0 atom stereocenters. The summed E-state index contributed by atoms with van der Waals surface area (Å²) >= 11 is 3.37. The zero-order chi connectivity index (χ0) is 21.5. The number of carbonyl (C=O) groups excluding carboxylic acids is 2. The Bertz CT molecular complexity index is 1070. The molecule has 0 heterocycles. The summed E-state index contributed by atoms with van der Waals surface area (Å²) in [4.78, 5) is 35.1. The van der Waals surface area contributed by atoms with Crippen molar-refractivity contribution in [1.29, 1.82) is 0 Å². The van der Waals surface area contributed by atoms with E-state index < -0.39 is 4.92 Å². The Morgan fingerprint density at radius 3 is 2.33 bits per heavy atom. The molecule has 3 N–H and O–H groups in total. The lowest BCUT2D eigenvalue weighted by molar-refractivity contribution is -0.384. The van der Waals surface area contributed by atoms with Crippen molar-refractivity contribution < 1.29 is 14.5 Å². The van der Waals surface area contributed by atoms with Crippen LogP contribution in [-0.4, -0.2) is 23.2 Å². The average molecular weight is 469 g/mol. The van der Waals surface area contributed by atoms with Crippen LogP contribution in [0.2, 0.25) is 0 Å². The predicted molar refractivity (Wildman–Crippen MR) is 117 cm³/mol. The first-order chi connectivity index (χ1) is 14.4. The molecule has 0 aliphatic heterocycles. The van der Waals surface area contributed by atoms with Crippen LogP contribution < -0.4 is 16.2 Å². The van der Waals surface area contributed by atoms with Crippen molar-refractivity contribution in [3.63, 3.8) is 0 Å². The van der Waals surface area contributed by atoms with Crippen LogP contribution in [0, 0.1) is 10.1 Å². The van der Waals surface area contributed by atoms with Crippen molar-refractivity contribution in [3.05, 3.63) is 98.5 Å². The molecule has 0 unspecified atom stereocenters. The van der Waals surface area contributed by atoms with Gasteiger partial charge in [-0.15, -0.1) is 0 Å². The fourth-order valence-electron chi connectivity index (χ4n) is 2.63. The molecule has 0 saturated carbocycles. The minimum absolute atomic E-state index is 0.0422. The molecule has 0 aliphatic rings. The number of nitrogens with zero attached hydrogens (tertiary/aromatic N) is 1. The van der Waals surface area contributed by atoms with Crippen molar-refractivity contribution in [3.8, 4) is 0 Å². The monoisotopic (exact) mass is 468 g/mol. The second-order valence-electron chi connectivity index (χ2n) is 6.22. The van der Waals surface area contributed by atoms with Crippen molar-refractivity contribution in [2.24, 2.45) is 0 Å². The van der Waals surface area contributed by atoms with E-state index >= 15 is 0 Å². The summed E-state index contributed by atoms with van der Waals surface area (Å²) in [5, 5.41) is 13.6. The van der Waals surface area contributed by atoms with E-state index in [-0.39, 0.29) is 23.9 Å². The molecule has 0 bridgehead atoms. The summed E-state index contributed by atoms with van der Waals surface area (Å²) < 4.78 is 0.747. The quantitative estimate of drug-likeness (QED) is 0.260. The van der Waals surface area contributed by atoms with Crippen LogP contribution >= 0.6 is 15.9 Å². The number of rotatable bonds is 8. The van der Waals surface area contributed by atoms with Gasteiger partial charge in [-0.3, -0.25) is 30.6 Å². The third-order valence-corrected chi connectivity index (χ3v) is 4.62. The van der Waals surface area contributed by atoms with Crippen molar-refractivity contribution in [1.82, 2.24) is 5.43 Å². The minimum Gasteiger partial charge on any atom is -0.376 e. The van der Waals surface area contributed by atoms with Gasteiger partial charge < -0.3 is 5.32 Å². The van der Waals surface area contributed by atoms with Gasteiger partial charge in [0, 0.05) is 33.4 Å². The van der Waals surface area contributed by atoms with Crippen LogP contribution in [0.1, 0.15) is 15.9 Å². The number of nitro benzene ring substituents is 1. The summed E-state index contributed by atoms with van der Waals surface area (Å²) in [6.07, 6.45) is 0. The molecule has 0 aliphatic carbocycles. The third-order valence-electron chi connectivity index (χ3n) is 4.13. The van der Waals surface area contributed by atoms with Gasteiger partial charge in [0.05, 0.1) is 17.2 Å². The molecule has 0 radical (unpaired) electrons. The molecule has 3 aromatic carbocycles. The van der Waals surface area contributed by atoms with Crippen molar-refractivity contribution in [2.75, 3.05) is 17.3 Å². The number of amides is 1. The fraction of sp³-hybridized carbons (Fsp3) is 0.0476. The SMILES string of the molecule is O=C(CNc1ccc(Br)cc1C(=O)c1ccccc1)NNc1ccc([N+](=O)[O-])cc1. The van der Waals surface area contributed by atoms with Crippen LogP contribution in [-0.2, 0) is 4.79 Å². The normalized spacial score (nSPS) is 10.2. The lowest BCUT2D eigenvalue weighted by atomic mass is 10.0. The van der Waals surface area contributed by atoms with E-state index in [1.165, 1.54) is 24.3 Å². The summed E-state index contributed by atoms with van der Waals surface area (Å²) in [5.41, 5.74) is 7.14. The maximum Gasteiger partial charge on any atom is 0.269 e. The van der Waals surface area contributed by atoms with Crippen LogP contribution in [0.25, 0.3) is 0 Å². The van der Waals surface area contributed by atoms with E-state index in [1.807, 2.05) is 6.07 Å². The van der Waals surface area contributed by atoms with Gasteiger partial charge in [-0.25, -0.2) is 0 Å². The highest BCUT2D eigenvalue weighted by molar-refractivity contribution is 9.10. The highest BCUT2D eigenvalue weighted by Gasteiger charge is 2.15. The number of anilines is 2. The molecular formula is C21H17BrN4O4. The number of hydrogen-bond acceptors (Lipinski definition) is 6. The van der Waals surface area contributed by atoms with Gasteiger partial charge in [-0.2, -0.15) is 0 Å². The maximum absolute atomic E-state index is 12.8. The Kier molecular flexibility index (Phi) is 6.76. The van der Waals surface area contributed by atoms with Crippen LogP contribution in [0.4, 0.5) is 17.1 Å². The van der Waals surface area contributed by atoms with Gasteiger partial charge in [-0.05, 0) is 30.3 Å². The van der Waals surface area contributed by atoms with Crippen LogP contribution in [0.3, 0.4) is 0 Å². The molecule has 152 valence electrons. The minimum atomic E-state index is -0.501. The molecule has 0 saturated heterocycles. The van der Waals surface area contributed by atoms with Crippen molar-refractivity contribution in [2.45, 2.75) is 0 Å². The largest absolute Gasteiger partial charge is 0.376 e. The number of halogens is 1. The molecule has 0 spiro atoms. The number of hydrogen-bond donors (Lipinski definition) is 3. The highest BCUT2D eigenvalue weighted by Crippen LogP contribution is 2.24. The Balaban J connectivity index is 1.62. The Labute approximate surface area is 180 Å². The number of ketones is 1. The molecule has 9 heteroatoms. The summed E-state index contributed by atoms with van der Waals surface area (Å²) in [6.45, 7) is -0.0866. The second kappa shape index (κ2) is 9.66. The molecule has 1 amide bonds. The summed E-state index contributed by atoms with van der Waals surface area (Å²) in [7, 11) is 0. The van der Waals surface area contributed by atoms with E-state index in [2.05, 4.69) is 32.1 Å². The topological polar surface area (TPSA) is 113 Å². The standard InChI is InChI=1S/C21H17BrN4O4/c22-15-6-11-19(18(12-15)21(28)14-4-2-1-3-5-14)23-13-20(27)25-24-16-7-9-17(10-8-16)26(29)30/h1-12,23-24H,13H2,(H,25,27). The Morgan fingerprint density at radius 1 is 0.967 bits per heavy atom. The smallest absolute Gasteiger partial charge is 0.269 e. The van der Waals surface area contributed by atoms with Gasteiger partial charge in [0.1, 0.15) is 0 Å². The molecule has 8 nitrogen and oxygen atoms in total. The van der Waals surface area contributed by atoms with Crippen LogP contribution in [0.5, 0.6) is 0 Å². The lowest BCUT2D eigenvalue weighted by Gasteiger charge is -2.13. The Hall–Kier alpha value is -3.72. The maximum atomic E-state index is 12.8. The van der Waals surface area contributed by atoms with E-state index in [4.69, 9.17) is 0 Å². The first kappa shape index (κ1) is 21.0. The van der Waals surface area contributed by atoms with Crippen molar-refractivity contribution >= 4 is 44.7 Å². The number of carbonyl (C=O) groups is 2. The summed E-state index contributed by atoms with van der Waals surface area (Å²) in [6, 6.07) is 19.7. The fourth-order valence-corrected chi connectivity index (χ4v) is 2.99. The molecule has 3 rings (SSSR count). The average Bonchev–Trinajstić information content (AvgIpc) is 2.77. The summed E-state index contributed by atoms with van der Waals surface area (Å²) in [5.74, 6) is -0.543. The number of hydrazine groups is 1. The van der Waals surface area contributed by atoms with Gasteiger partial charge in [0.2, 0.25) is 0 Å². The first-order valence-corrected chi connectivity index (χ1v) is 9.66. The molecule has 3 aromatic rings. The molecule has 0 aromatic heterocycles. The third kappa shape index (κ3) is 5.42. The van der Waals surface area contributed by atoms with E-state index in [1.54, 1.807) is 42.5 Å². The van der Waals surface area contributed by atoms with Gasteiger partial charge in [0.25, 0.3) is 11.6 Å². The Morgan fingerprint density at radius 2 is 1.67 bits per heavy atom. The first-order valence-electron chi connectivity index (χ1n) is 8.86. The predicted octanol–water partition coefficient (Wildman–Crippen LogP) is 4.14. The lowest BCUT2D eigenvalue weighted by Crippen LogP contribution is -2.34. The zero-order valence-electron chi connectivity index (χ0n) is 15.6. The van der Waals surface area contributed by atoms with Crippen LogP contribution in [0.15, 0.2) is 77.3 Å².